The van der Waals surface area contributed by atoms with Gasteiger partial charge in [-0.3, -0.25) is 9.20 Å². The number of nitrogens with zero attached hydrogens (tertiary/aromatic N) is 3. The molecule has 0 radical (unpaired) electrons. The van der Waals surface area contributed by atoms with Crippen molar-refractivity contribution in [3.05, 3.63) is 63.0 Å². The highest BCUT2D eigenvalue weighted by molar-refractivity contribution is 7.89. The maximum absolute atomic E-state index is 13.2. The van der Waals surface area contributed by atoms with Crippen LogP contribution in [0.1, 0.15) is 17.0 Å². The van der Waals surface area contributed by atoms with Crippen LogP contribution in [0.4, 0.5) is 0 Å². The number of fused-ring (bicyclic) bond motifs is 1. The Hall–Kier alpha value is -2.07. The average Bonchev–Trinajstić information content (AvgIpc) is 3.03. The van der Waals surface area contributed by atoms with E-state index in [-0.39, 0.29) is 10.6 Å². The minimum absolute atomic E-state index is 0.196. The van der Waals surface area contributed by atoms with Crippen LogP contribution in [0, 0.1) is 13.8 Å². The Morgan fingerprint density at radius 2 is 1.82 bits per heavy atom. The molecule has 3 aromatic rings. The van der Waals surface area contributed by atoms with Gasteiger partial charge in [-0.1, -0.05) is 30.3 Å². The lowest BCUT2D eigenvalue weighted by Crippen LogP contribution is -3.13. The maximum atomic E-state index is 13.2. The predicted octanol–water partition coefficient (Wildman–Crippen LogP) is 0.462. The molecule has 1 N–H and O–H groups in total. The summed E-state index contributed by atoms with van der Waals surface area (Å²) in [6, 6.07) is 10.2. The number of piperazine rings is 1. The quantitative estimate of drug-likeness (QED) is 0.667. The monoisotopic (exact) mass is 419 g/mol. The fraction of sp³-hybridized carbons (Fsp3) is 0.368. The van der Waals surface area contributed by atoms with Crippen LogP contribution in [0.2, 0.25) is 0 Å². The van der Waals surface area contributed by atoms with Gasteiger partial charge in [-0.25, -0.2) is 13.4 Å². The van der Waals surface area contributed by atoms with E-state index >= 15 is 0 Å². The van der Waals surface area contributed by atoms with Gasteiger partial charge < -0.3 is 4.90 Å². The number of rotatable bonds is 4. The van der Waals surface area contributed by atoms with Crippen molar-refractivity contribution in [1.29, 1.82) is 0 Å². The zero-order chi connectivity index (χ0) is 19.9. The van der Waals surface area contributed by atoms with Crippen LogP contribution in [0.3, 0.4) is 0 Å². The summed E-state index contributed by atoms with van der Waals surface area (Å²) in [7, 11) is -3.88. The van der Waals surface area contributed by atoms with Crippen LogP contribution in [0.5, 0.6) is 0 Å². The highest BCUT2D eigenvalue weighted by atomic mass is 32.2. The van der Waals surface area contributed by atoms with Gasteiger partial charge in [0.25, 0.3) is 15.6 Å². The zero-order valence-electron chi connectivity index (χ0n) is 15.9. The molecule has 0 atom stereocenters. The Balaban J connectivity index is 1.58. The molecule has 1 saturated heterocycles. The minimum Gasteiger partial charge on any atom is -0.329 e. The van der Waals surface area contributed by atoms with E-state index in [0.717, 1.165) is 6.54 Å². The SMILES string of the molecule is Cc1nc2scc(C)n2c(=O)c1S(=O)(=O)N1CC[NH+](Cc2ccccc2)CC1. The molecule has 1 fully saturated rings. The molecule has 0 spiro atoms. The number of quaternary nitrogens is 1. The van der Waals surface area contributed by atoms with Crippen LogP contribution in [-0.2, 0) is 16.6 Å². The van der Waals surface area contributed by atoms with Crippen molar-refractivity contribution in [1.82, 2.24) is 13.7 Å². The first-order valence-corrected chi connectivity index (χ1v) is 11.5. The van der Waals surface area contributed by atoms with Gasteiger partial charge in [0.1, 0.15) is 6.54 Å². The van der Waals surface area contributed by atoms with Gasteiger partial charge in [-0.2, -0.15) is 4.31 Å². The molecule has 0 bridgehead atoms. The number of hydrogen-bond acceptors (Lipinski definition) is 5. The summed E-state index contributed by atoms with van der Waals surface area (Å²) in [5.74, 6) is 0. The van der Waals surface area contributed by atoms with Crippen LogP contribution in [0.25, 0.3) is 4.96 Å². The van der Waals surface area contributed by atoms with E-state index in [1.807, 2.05) is 23.6 Å². The number of aryl methyl sites for hydroxylation is 2. The first kappa shape index (κ1) is 19.3. The second-order valence-corrected chi connectivity index (χ2v) is 9.85. The van der Waals surface area contributed by atoms with E-state index in [4.69, 9.17) is 0 Å². The van der Waals surface area contributed by atoms with Gasteiger partial charge in [0.05, 0.1) is 31.9 Å². The highest BCUT2D eigenvalue weighted by Gasteiger charge is 2.34. The zero-order valence-corrected chi connectivity index (χ0v) is 17.5. The molecule has 4 rings (SSSR count). The molecule has 1 aromatic carbocycles. The van der Waals surface area contributed by atoms with Crippen LogP contribution < -0.4 is 10.5 Å². The van der Waals surface area contributed by atoms with Gasteiger partial charge in [0.2, 0.25) is 0 Å². The van der Waals surface area contributed by atoms with E-state index in [1.54, 1.807) is 13.8 Å². The van der Waals surface area contributed by atoms with Crippen molar-refractivity contribution in [3.63, 3.8) is 0 Å². The summed E-state index contributed by atoms with van der Waals surface area (Å²) in [5, 5.41) is 1.81. The lowest BCUT2D eigenvalue weighted by molar-refractivity contribution is -0.917. The lowest BCUT2D eigenvalue weighted by atomic mass is 10.2. The third-order valence-corrected chi connectivity index (χ3v) is 8.17. The topological polar surface area (TPSA) is 76.2 Å². The fourth-order valence-electron chi connectivity index (χ4n) is 3.70. The highest BCUT2D eigenvalue weighted by Crippen LogP contribution is 2.19. The van der Waals surface area contributed by atoms with Crippen LogP contribution in [-0.4, -0.2) is 48.3 Å². The van der Waals surface area contributed by atoms with Gasteiger partial charge in [0.15, 0.2) is 9.86 Å². The molecule has 148 valence electrons. The Bertz CT molecular complexity index is 1160. The van der Waals surface area contributed by atoms with E-state index in [2.05, 4.69) is 17.1 Å². The van der Waals surface area contributed by atoms with Crippen molar-refractivity contribution in [2.45, 2.75) is 25.3 Å². The molecule has 2 aromatic heterocycles. The smallest absolute Gasteiger partial charge is 0.279 e. The average molecular weight is 420 g/mol. The summed E-state index contributed by atoms with van der Waals surface area (Å²) in [6.45, 7) is 6.47. The van der Waals surface area contributed by atoms with E-state index < -0.39 is 15.6 Å². The standard InChI is InChI=1S/C19H22N4O3S2/c1-14-13-27-19-20-15(2)17(18(24)23(14)19)28(25,26)22-10-8-21(9-11-22)12-16-6-4-3-5-7-16/h3-7,13H,8-12H2,1-2H3/p+1. The first-order valence-electron chi connectivity index (χ1n) is 9.23. The van der Waals surface area contributed by atoms with Gasteiger partial charge >= 0.3 is 0 Å². The molecular weight excluding hydrogens is 396 g/mol. The van der Waals surface area contributed by atoms with Crippen molar-refractivity contribution in [3.8, 4) is 0 Å². The molecule has 0 aliphatic carbocycles. The number of benzene rings is 1. The summed E-state index contributed by atoms with van der Waals surface area (Å²) in [4.78, 5) is 19.0. The second kappa shape index (κ2) is 7.40. The largest absolute Gasteiger partial charge is 0.329 e. The summed E-state index contributed by atoms with van der Waals surface area (Å²) >= 11 is 1.34. The Morgan fingerprint density at radius 3 is 2.50 bits per heavy atom. The number of thiazole rings is 1. The normalized spacial score (nSPS) is 16.6. The van der Waals surface area contributed by atoms with Crippen molar-refractivity contribution >= 4 is 26.3 Å². The molecule has 0 amide bonds. The van der Waals surface area contributed by atoms with Crippen molar-refractivity contribution in [2.75, 3.05) is 26.2 Å². The fourth-order valence-corrected chi connectivity index (χ4v) is 6.25. The Kier molecular flexibility index (Phi) is 5.09. The van der Waals surface area contributed by atoms with Crippen LogP contribution >= 0.6 is 11.3 Å². The van der Waals surface area contributed by atoms with E-state index in [9.17, 15) is 13.2 Å². The second-order valence-electron chi connectivity index (χ2n) is 7.14. The van der Waals surface area contributed by atoms with Gasteiger partial charge in [-0.15, -0.1) is 11.3 Å². The molecule has 1 aliphatic heterocycles. The van der Waals surface area contributed by atoms with Gasteiger partial charge in [-0.05, 0) is 13.8 Å². The van der Waals surface area contributed by atoms with E-state index in [0.29, 0.717) is 36.8 Å². The number of hydrogen-bond donors (Lipinski definition) is 1. The summed E-state index contributed by atoms with van der Waals surface area (Å²) < 4.78 is 29.3. The van der Waals surface area contributed by atoms with Crippen molar-refractivity contribution < 1.29 is 13.3 Å². The van der Waals surface area contributed by atoms with Crippen LogP contribution in [0.15, 0.2) is 45.4 Å². The lowest BCUT2D eigenvalue weighted by Gasteiger charge is -2.31. The molecule has 9 heteroatoms. The molecule has 28 heavy (non-hydrogen) atoms. The number of sulfonamides is 1. The molecule has 0 unspecified atom stereocenters. The Labute approximate surface area is 167 Å². The first-order chi connectivity index (χ1) is 13.4. The molecular formula is C19H23N4O3S2+. The van der Waals surface area contributed by atoms with Crippen molar-refractivity contribution in [2.24, 2.45) is 0 Å². The summed E-state index contributed by atoms with van der Waals surface area (Å²) in [6.07, 6.45) is 0. The maximum Gasteiger partial charge on any atom is 0.279 e. The predicted molar refractivity (Wildman–Crippen MR) is 108 cm³/mol. The third-order valence-electron chi connectivity index (χ3n) is 5.19. The Morgan fingerprint density at radius 1 is 1.14 bits per heavy atom. The number of nitrogens with one attached hydrogen (secondary N) is 1. The molecule has 7 nitrogen and oxygen atoms in total. The third kappa shape index (κ3) is 3.39. The molecule has 0 saturated carbocycles. The molecule has 1 aliphatic rings. The minimum atomic E-state index is -3.88. The molecule has 3 heterocycles. The van der Waals surface area contributed by atoms with E-state index in [1.165, 1.54) is 30.5 Å². The summed E-state index contributed by atoms with van der Waals surface area (Å²) in [5.41, 5.74) is 1.71. The number of aromatic nitrogens is 2. The van der Waals surface area contributed by atoms with Gasteiger partial charge in [0, 0.05) is 16.6 Å².